The number of halogens is 1. The van der Waals surface area contributed by atoms with Gasteiger partial charge in [-0.3, -0.25) is 15.1 Å². The molecule has 0 atom stereocenters. The molecule has 35 heavy (non-hydrogen) atoms. The maximum absolute atomic E-state index is 13.8. The Hall–Kier alpha value is -4.50. The monoisotopic (exact) mass is 464 g/mol. The van der Waals surface area contributed by atoms with E-state index < -0.39 is 0 Å². The van der Waals surface area contributed by atoms with Gasteiger partial charge in [0.25, 0.3) is 0 Å². The van der Waals surface area contributed by atoms with Gasteiger partial charge in [-0.2, -0.15) is 5.10 Å². The zero-order chi connectivity index (χ0) is 23.8. The number of H-pyrrole nitrogens is 2. The van der Waals surface area contributed by atoms with Crippen molar-refractivity contribution in [3.05, 3.63) is 78.6 Å². The second-order valence-electron chi connectivity index (χ2n) is 8.21. The van der Waals surface area contributed by atoms with Crippen LogP contribution < -0.4 is 5.32 Å². The Labute approximate surface area is 199 Å². The van der Waals surface area contributed by atoms with Crippen molar-refractivity contribution in [2.24, 2.45) is 0 Å². The Morgan fingerprint density at radius 1 is 0.943 bits per heavy atom. The van der Waals surface area contributed by atoms with E-state index >= 15 is 0 Å². The molecule has 8 nitrogen and oxygen atoms in total. The Bertz CT molecular complexity index is 1670. The van der Waals surface area contributed by atoms with Crippen LogP contribution in [-0.2, 0) is 6.54 Å². The number of imidazole rings is 1. The van der Waals surface area contributed by atoms with Gasteiger partial charge in [-0.1, -0.05) is 19.1 Å². The number of hydrogen-bond donors (Lipinski definition) is 3. The van der Waals surface area contributed by atoms with Crippen molar-refractivity contribution in [3.63, 3.8) is 0 Å². The van der Waals surface area contributed by atoms with Gasteiger partial charge in [-0.15, -0.1) is 0 Å². The number of rotatable bonds is 6. The molecule has 1 aromatic carbocycles. The Kier molecular flexibility index (Phi) is 5.23. The lowest BCUT2D eigenvalue weighted by molar-refractivity contribution is 0.628. The van der Waals surface area contributed by atoms with Gasteiger partial charge in [0.1, 0.15) is 17.0 Å². The van der Waals surface area contributed by atoms with Crippen molar-refractivity contribution in [1.29, 1.82) is 0 Å². The molecule has 0 aliphatic rings. The number of aromatic nitrogens is 7. The molecule has 0 aliphatic carbocycles. The van der Waals surface area contributed by atoms with E-state index in [1.165, 1.54) is 12.1 Å². The van der Waals surface area contributed by atoms with Gasteiger partial charge in [-0.25, -0.2) is 14.4 Å². The molecule has 0 spiro atoms. The fourth-order valence-electron chi connectivity index (χ4n) is 4.15. The Morgan fingerprint density at radius 3 is 2.74 bits per heavy atom. The minimum atomic E-state index is -0.321. The molecule has 0 saturated heterocycles. The first-order valence-corrected chi connectivity index (χ1v) is 11.3. The van der Waals surface area contributed by atoms with Gasteiger partial charge < -0.3 is 10.3 Å². The number of nitrogens with one attached hydrogen (secondary N) is 3. The van der Waals surface area contributed by atoms with Gasteiger partial charge in [-0.05, 0) is 42.4 Å². The van der Waals surface area contributed by atoms with Crippen LogP contribution in [0.4, 0.5) is 4.39 Å². The number of nitrogens with zero attached hydrogens (tertiary/aromatic N) is 5. The highest BCUT2D eigenvalue weighted by Crippen LogP contribution is 2.31. The molecule has 9 heteroatoms. The first kappa shape index (κ1) is 21.1. The SMILES string of the molecule is CCNCc1cncc(-c2cnc3[nH]nc(-c4nc5c(-c6cccc(F)c6)nccc5[nH]4)c3c2)c1. The van der Waals surface area contributed by atoms with Gasteiger partial charge in [0.2, 0.25) is 0 Å². The summed E-state index contributed by atoms with van der Waals surface area (Å²) in [5, 5.41) is 11.6. The summed E-state index contributed by atoms with van der Waals surface area (Å²) < 4.78 is 13.8. The molecule has 5 aromatic heterocycles. The molecule has 0 unspecified atom stereocenters. The van der Waals surface area contributed by atoms with Crippen molar-refractivity contribution < 1.29 is 4.39 Å². The molecule has 0 amide bonds. The van der Waals surface area contributed by atoms with E-state index in [2.05, 4.69) is 48.4 Å². The number of benzene rings is 1. The molecule has 3 N–H and O–H groups in total. The molecule has 0 saturated carbocycles. The summed E-state index contributed by atoms with van der Waals surface area (Å²) in [5.74, 6) is 0.257. The van der Waals surface area contributed by atoms with Crippen molar-refractivity contribution >= 4 is 22.1 Å². The summed E-state index contributed by atoms with van der Waals surface area (Å²) in [4.78, 5) is 21.5. The summed E-state index contributed by atoms with van der Waals surface area (Å²) >= 11 is 0. The van der Waals surface area contributed by atoms with E-state index in [1.54, 1.807) is 12.3 Å². The van der Waals surface area contributed by atoms with E-state index in [-0.39, 0.29) is 5.82 Å². The maximum Gasteiger partial charge on any atom is 0.159 e. The average Bonchev–Trinajstić information content (AvgIpc) is 3.51. The smallest absolute Gasteiger partial charge is 0.159 e. The third kappa shape index (κ3) is 3.91. The highest BCUT2D eigenvalue weighted by molar-refractivity contribution is 5.96. The summed E-state index contributed by atoms with van der Waals surface area (Å²) in [6, 6.07) is 12.3. The zero-order valence-corrected chi connectivity index (χ0v) is 18.9. The van der Waals surface area contributed by atoms with Gasteiger partial charge >= 0.3 is 0 Å². The lowest BCUT2D eigenvalue weighted by Crippen LogP contribution is -2.11. The molecule has 6 aromatic rings. The molecule has 5 heterocycles. The van der Waals surface area contributed by atoms with E-state index in [0.717, 1.165) is 40.7 Å². The zero-order valence-electron chi connectivity index (χ0n) is 18.9. The lowest BCUT2D eigenvalue weighted by Gasteiger charge is -2.05. The van der Waals surface area contributed by atoms with Crippen LogP contribution in [0.25, 0.3) is 56.0 Å². The quantitative estimate of drug-likeness (QED) is 0.324. The Morgan fingerprint density at radius 2 is 1.86 bits per heavy atom. The second-order valence-corrected chi connectivity index (χ2v) is 8.21. The fraction of sp³-hybridized carbons (Fsp3) is 0.115. The molecule has 0 radical (unpaired) electrons. The number of aromatic amines is 2. The van der Waals surface area contributed by atoms with E-state index in [1.807, 2.05) is 36.8 Å². The molecule has 6 rings (SSSR count). The third-order valence-electron chi connectivity index (χ3n) is 5.85. The van der Waals surface area contributed by atoms with E-state index in [0.29, 0.717) is 33.9 Å². The van der Waals surface area contributed by atoms with Crippen LogP contribution in [0, 0.1) is 5.82 Å². The van der Waals surface area contributed by atoms with Crippen LogP contribution in [0.15, 0.2) is 67.3 Å². The van der Waals surface area contributed by atoms with Crippen LogP contribution in [0.3, 0.4) is 0 Å². The van der Waals surface area contributed by atoms with Crippen LogP contribution >= 0.6 is 0 Å². The predicted molar refractivity (Wildman–Crippen MR) is 133 cm³/mol. The second kappa shape index (κ2) is 8.69. The summed E-state index contributed by atoms with van der Waals surface area (Å²) in [7, 11) is 0. The van der Waals surface area contributed by atoms with Crippen LogP contribution in [-0.4, -0.2) is 41.7 Å². The molecule has 0 bridgehead atoms. The third-order valence-corrected chi connectivity index (χ3v) is 5.85. The summed E-state index contributed by atoms with van der Waals surface area (Å²) in [6.45, 7) is 3.72. The normalized spacial score (nSPS) is 11.5. The Balaban J connectivity index is 1.44. The minimum absolute atomic E-state index is 0.321. The summed E-state index contributed by atoms with van der Waals surface area (Å²) in [5.41, 5.74) is 7.02. The van der Waals surface area contributed by atoms with Crippen molar-refractivity contribution in [2.45, 2.75) is 13.5 Å². The van der Waals surface area contributed by atoms with Gasteiger partial charge in [0.15, 0.2) is 11.5 Å². The summed E-state index contributed by atoms with van der Waals surface area (Å²) in [6.07, 6.45) is 7.18. The fourth-order valence-corrected chi connectivity index (χ4v) is 4.15. The van der Waals surface area contributed by atoms with Crippen molar-refractivity contribution in [3.8, 4) is 33.9 Å². The molecular formula is C26H21FN8. The van der Waals surface area contributed by atoms with Gasteiger partial charge in [0.05, 0.1) is 16.6 Å². The molecule has 0 aliphatic heterocycles. The van der Waals surface area contributed by atoms with Crippen molar-refractivity contribution in [1.82, 2.24) is 40.4 Å². The molecular weight excluding hydrogens is 443 g/mol. The van der Waals surface area contributed by atoms with Crippen LogP contribution in [0.1, 0.15) is 12.5 Å². The maximum atomic E-state index is 13.8. The number of fused-ring (bicyclic) bond motifs is 2. The number of hydrogen-bond acceptors (Lipinski definition) is 6. The minimum Gasteiger partial charge on any atom is -0.336 e. The predicted octanol–water partition coefficient (Wildman–Crippen LogP) is 4.87. The largest absolute Gasteiger partial charge is 0.336 e. The highest BCUT2D eigenvalue weighted by Gasteiger charge is 2.17. The topological polar surface area (TPSA) is 108 Å². The molecule has 0 fully saturated rings. The number of pyridine rings is 3. The lowest BCUT2D eigenvalue weighted by atomic mass is 10.1. The first-order chi connectivity index (χ1) is 17.2. The van der Waals surface area contributed by atoms with E-state index in [9.17, 15) is 4.39 Å². The highest BCUT2D eigenvalue weighted by atomic mass is 19.1. The van der Waals surface area contributed by atoms with Crippen molar-refractivity contribution in [2.75, 3.05) is 6.54 Å². The van der Waals surface area contributed by atoms with E-state index in [4.69, 9.17) is 4.98 Å². The average molecular weight is 465 g/mol. The van der Waals surface area contributed by atoms with Crippen LogP contribution in [0.5, 0.6) is 0 Å². The first-order valence-electron chi connectivity index (χ1n) is 11.3. The van der Waals surface area contributed by atoms with Crippen LogP contribution in [0.2, 0.25) is 0 Å². The molecule has 172 valence electrons. The standard InChI is InChI=1S/C26H21FN8/c1-2-28-11-15-8-17(13-29-12-15)18-10-20-23(34-35-25(20)31-14-18)26-32-21-6-7-30-22(24(21)33-26)16-4-3-5-19(27)9-16/h3-10,12-14,28H,2,11H2,1H3,(H,32,33)(H,31,34,35). The van der Waals surface area contributed by atoms with Gasteiger partial charge in [0, 0.05) is 48.0 Å².